The van der Waals surface area contributed by atoms with Crippen LogP contribution in [0.1, 0.15) is 5.56 Å². The second-order valence-electron chi connectivity index (χ2n) is 6.57. The van der Waals surface area contributed by atoms with Gasteiger partial charge in [-0.25, -0.2) is 4.39 Å². The molecule has 5 heteroatoms. The number of hydrogen-bond acceptors (Lipinski definition) is 3. The van der Waals surface area contributed by atoms with Gasteiger partial charge in [0.1, 0.15) is 5.82 Å². The average Bonchev–Trinajstić information content (AvgIpc) is 2.95. The zero-order valence-electron chi connectivity index (χ0n) is 14.9. The molecule has 0 spiro atoms. The van der Waals surface area contributed by atoms with E-state index in [2.05, 4.69) is 5.32 Å². The molecule has 0 atom stereocenters. The lowest BCUT2D eigenvalue weighted by Gasteiger charge is -2.08. The summed E-state index contributed by atoms with van der Waals surface area (Å²) in [6, 6.07) is 18.6. The van der Waals surface area contributed by atoms with Gasteiger partial charge in [-0.1, -0.05) is 42.5 Å². The van der Waals surface area contributed by atoms with Gasteiger partial charge in [0.25, 0.3) is 5.70 Å². The Labute approximate surface area is 155 Å². The summed E-state index contributed by atoms with van der Waals surface area (Å²) in [5, 5.41) is 26.7. The first kappa shape index (κ1) is 17.2. The minimum Gasteiger partial charge on any atom is -0.476 e. The number of aliphatic hydroxyl groups is 2. The molecule has 4 nitrogen and oxygen atoms in total. The molecule has 0 unspecified atom stereocenters. The molecule has 0 aromatic heterocycles. The van der Waals surface area contributed by atoms with Crippen LogP contribution in [0.15, 0.2) is 72.3 Å². The van der Waals surface area contributed by atoms with Gasteiger partial charge in [0.15, 0.2) is 6.54 Å². The molecule has 4 rings (SSSR count). The number of rotatable bonds is 4. The maximum atomic E-state index is 13.9. The molecule has 3 N–H and O–H groups in total. The Balaban J connectivity index is 1.98. The Hall–Kier alpha value is -3.18. The van der Waals surface area contributed by atoms with E-state index in [0.717, 1.165) is 21.7 Å². The number of benzene rings is 3. The molecule has 1 aliphatic rings. The molecule has 3 aromatic carbocycles. The molecule has 0 saturated carbocycles. The largest absolute Gasteiger partial charge is 0.476 e. The van der Waals surface area contributed by atoms with Gasteiger partial charge in [-0.2, -0.15) is 4.58 Å². The van der Waals surface area contributed by atoms with Crippen LogP contribution in [0.2, 0.25) is 0 Å². The van der Waals surface area contributed by atoms with Crippen LogP contribution in [0.25, 0.3) is 16.3 Å². The van der Waals surface area contributed by atoms with Crippen molar-refractivity contribution in [2.75, 3.05) is 13.6 Å². The fourth-order valence-corrected chi connectivity index (χ4v) is 3.77. The average molecular weight is 363 g/mol. The molecule has 3 aromatic rings. The Kier molecular flexibility index (Phi) is 4.38. The van der Waals surface area contributed by atoms with Crippen LogP contribution in [0, 0.1) is 5.82 Å². The maximum absolute atomic E-state index is 13.9. The van der Waals surface area contributed by atoms with E-state index in [1.165, 1.54) is 12.1 Å². The summed E-state index contributed by atoms with van der Waals surface area (Å²) < 4.78 is 15.7. The fraction of sp³-hybridized carbons (Fsp3) is 0.136. The van der Waals surface area contributed by atoms with Crippen LogP contribution in [-0.4, -0.2) is 23.8 Å². The lowest BCUT2D eigenvalue weighted by molar-refractivity contribution is 0.182. The summed E-state index contributed by atoms with van der Waals surface area (Å²) in [5.74, 6) is -1.12. The third-order valence-corrected chi connectivity index (χ3v) is 4.90. The third kappa shape index (κ3) is 2.96. The zero-order chi connectivity index (χ0) is 19.0. The summed E-state index contributed by atoms with van der Waals surface area (Å²) in [6.45, 7) is 0.829. The molecule has 0 bridgehead atoms. The van der Waals surface area contributed by atoms with Gasteiger partial charge < -0.3 is 15.5 Å². The van der Waals surface area contributed by atoms with Crippen LogP contribution in [0.5, 0.6) is 0 Å². The van der Waals surface area contributed by atoms with Gasteiger partial charge in [-0.15, -0.1) is 0 Å². The molecule has 0 fully saturated rings. The van der Waals surface area contributed by atoms with Crippen LogP contribution in [0.4, 0.5) is 4.39 Å². The van der Waals surface area contributed by atoms with Crippen LogP contribution >= 0.6 is 0 Å². The van der Waals surface area contributed by atoms with Gasteiger partial charge in [-0.3, -0.25) is 0 Å². The molecule has 0 aliphatic carbocycles. The Bertz CT molecular complexity index is 1190. The predicted octanol–water partition coefficient (Wildman–Crippen LogP) is 2.34. The summed E-state index contributed by atoms with van der Waals surface area (Å²) in [7, 11) is 1.77. The molecule has 1 heterocycles. The van der Waals surface area contributed by atoms with E-state index in [1.54, 1.807) is 13.1 Å². The van der Waals surface area contributed by atoms with Gasteiger partial charge >= 0.3 is 5.95 Å². The minimum atomic E-state index is -0.767. The maximum Gasteiger partial charge on any atom is 0.350 e. The van der Waals surface area contributed by atoms with E-state index >= 15 is 0 Å². The first-order valence-electron chi connectivity index (χ1n) is 8.77. The smallest absolute Gasteiger partial charge is 0.350 e. The highest BCUT2D eigenvalue weighted by atomic mass is 19.1. The van der Waals surface area contributed by atoms with Gasteiger partial charge in [0.05, 0.1) is 10.8 Å². The third-order valence-electron chi connectivity index (χ3n) is 4.90. The van der Waals surface area contributed by atoms with Gasteiger partial charge in [-0.05, 0) is 30.0 Å². The standard InChI is InChI=1S/C22H19FN2O2/c1-24-12-19-18-11-16(23)9-10-20(18)25(21(19)22(26)27)13-15-7-4-6-14-5-2-3-8-17(14)15/h2-11,24H,12-13H2,1H3,(H,26,27)/p+1. The van der Waals surface area contributed by atoms with Crippen molar-refractivity contribution in [3.63, 3.8) is 0 Å². The van der Waals surface area contributed by atoms with Crippen LogP contribution in [-0.2, 0) is 6.54 Å². The highest BCUT2D eigenvalue weighted by Gasteiger charge is 2.32. The van der Waals surface area contributed by atoms with Crippen molar-refractivity contribution in [2.45, 2.75) is 6.54 Å². The Morgan fingerprint density at radius 1 is 1.04 bits per heavy atom. The van der Waals surface area contributed by atoms with Crippen molar-refractivity contribution in [3.8, 4) is 0 Å². The summed E-state index contributed by atoms with van der Waals surface area (Å²) in [5.41, 5.74) is 2.01. The summed E-state index contributed by atoms with van der Waals surface area (Å²) in [6.07, 6.45) is 0. The van der Waals surface area contributed by atoms with E-state index in [0.29, 0.717) is 29.6 Å². The number of hydrogen-bond donors (Lipinski definition) is 3. The molecular weight excluding hydrogens is 343 g/mol. The van der Waals surface area contributed by atoms with Crippen LogP contribution < -0.4 is 20.5 Å². The zero-order valence-corrected chi connectivity index (χ0v) is 14.9. The lowest BCUT2D eigenvalue weighted by Crippen LogP contribution is -2.33. The van der Waals surface area contributed by atoms with Crippen molar-refractivity contribution in [2.24, 2.45) is 0 Å². The fourth-order valence-electron chi connectivity index (χ4n) is 3.77. The Morgan fingerprint density at radius 2 is 1.81 bits per heavy atom. The van der Waals surface area contributed by atoms with Crippen molar-refractivity contribution in [3.05, 3.63) is 94.3 Å². The predicted molar refractivity (Wildman–Crippen MR) is 104 cm³/mol. The number of halogens is 1. The molecule has 0 saturated heterocycles. The SMILES string of the molecule is CNCC1=c2cc(F)ccc2=[N+](Cc2cccc3ccccc23)C1=C(O)O. The highest BCUT2D eigenvalue weighted by molar-refractivity contribution is 5.85. The van der Waals surface area contributed by atoms with E-state index < -0.39 is 5.95 Å². The summed E-state index contributed by atoms with van der Waals surface area (Å²) >= 11 is 0. The molecule has 0 radical (unpaired) electrons. The molecule has 0 amide bonds. The van der Waals surface area contributed by atoms with E-state index in [9.17, 15) is 14.6 Å². The number of nitrogens with zero attached hydrogens (tertiary/aromatic N) is 1. The number of aliphatic hydroxyl groups excluding tert-OH is 1. The number of nitrogens with one attached hydrogen (secondary N) is 1. The summed E-state index contributed by atoms with van der Waals surface area (Å²) in [4.78, 5) is 0. The normalized spacial score (nSPS) is 13.3. The molecular formula is C22H20FN2O2+. The number of fused-ring (bicyclic) bond motifs is 2. The second-order valence-corrected chi connectivity index (χ2v) is 6.57. The Morgan fingerprint density at radius 3 is 2.59 bits per heavy atom. The monoisotopic (exact) mass is 363 g/mol. The van der Waals surface area contributed by atoms with Crippen molar-refractivity contribution in [1.82, 2.24) is 9.89 Å². The molecule has 136 valence electrons. The topological polar surface area (TPSA) is 55.5 Å². The molecule has 1 aliphatic heterocycles. The first-order valence-corrected chi connectivity index (χ1v) is 8.77. The molecule has 27 heavy (non-hydrogen) atoms. The van der Waals surface area contributed by atoms with Gasteiger partial charge in [0, 0.05) is 18.2 Å². The van der Waals surface area contributed by atoms with Crippen molar-refractivity contribution >= 4 is 16.3 Å². The van der Waals surface area contributed by atoms with Crippen LogP contribution in [0.3, 0.4) is 0 Å². The van der Waals surface area contributed by atoms with E-state index in [-0.39, 0.29) is 5.82 Å². The highest BCUT2D eigenvalue weighted by Crippen LogP contribution is 2.22. The minimum absolute atomic E-state index is 0.304. The first-order chi connectivity index (χ1) is 13.1. The van der Waals surface area contributed by atoms with E-state index in [4.69, 9.17) is 0 Å². The quantitative estimate of drug-likeness (QED) is 0.493. The van der Waals surface area contributed by atoms with E-state index in [1.807, 2.05) is 47.0 Å². The lowest BCUT2D eigenvalue weighted by atomic mass is 10.0. The van der Waals surface area contributed by atoms with Crippen molar-refractivity contribution < 1.29 is 14.6 Å². The second kappa shape index (κ2) is 6.85. The van der Waals surface area contributed by atoms with Crippen molar-refractivity contribution in [1.29, 1.82) is 0 Å². The van der Waals surface area contributed by atoms with Gasteiger partial charge in [0.2, 0.25) is 5.36 Å².